The molecule has 1 atom stereocenters. The van der Waals surface area contributed by atoms with Crippen LogP contribution >= 0.6 is 11.6 Å². The highest BCUT2D eigenvalue weighted by Gasteiger charge is 2.39. The monoisotopic (exact) mass is 328 g/mol. The van der Waals surface area contributed by atoms with Gasteiger partial charge in [0.2, 0.25) is 0 Å². The molecule has 2 aromatic rings. The van der Waals surface area contributed by atoms with Crippen molar-refractivity contribution in [3.05, 3.63) is 58.4 Å². The average Bonchev–Trinajstić information content (AvgIpc) is 2.46. The Morgan fingerprint density at radius 1 is 1.27 bits per heavy atom. The van der Waals surface area contributed by atoms with Gasteiger partial charge in [-0.2, -0.15) is 13.2 Å². The third-order valence-corrected chi connectivity index (χ3v) is 4.05. The number of alkyl halides is 3. The number of nitrogens with zero attached hydrogens (tertiary/aromatic N) is 1. The minimum atomic E-state index is -4.50. The quantitative estimate of drug-likeness (QED) is 0.867. The second-order valence-electron chi connectivity index (χ2n) is 5.11. The zero-order valence-corrected chi connectivity index (χ0v) is 12.1. The number of nitrogens with two attached hydrogens (primary N) is 1. The van der Waals surface area contributed by atoms with Crippen LogP contribution in [0.5, 0.6) is 5.75 Å². The summed E-state index contributed by atoms with van der Waals surface area (Å²) in [7, 11) is 0. The van der Waals surface area contributed by atoms with Crippen molar-refractivity contribution in [1.29, 1.82) is 0 Å². The molecule has 1 unspecified atom stereocenters. The molecule has 3 nitrogen and oxygen atoms in total. The molecule has 22 heavy (non-hydrogen) atoms. The van der Waals surface area contributed by atoms with Crippen molar-refractivity contribution in [2.45, 2.75) is 18.1 Å². The van der Waals surface area contributed by atoms with E-state index >= 15 is 0 Å². The van der Waals surface area contributed by atoms with E-state index in [1.807, 2.05) is 0 Å². The highest BCUT2D eigenvalue weighted by Crippen LogP contribution is 2.41. The fraction of sp³-hybridized carbons (Fsp3) is 0.267. The van der Waals surface area contributed by atoms with E-state index in [0.717, 1.165) is 6.07 Å². The first-order chi connectivity index (χ1) is 10.3. The molecule has 2 N–H and O–H groups in total. The van der Waals surface area contributed by atoms with Crippen LogP contribution in [0.2, 0.25) is 5.02 Å². The number of ether oxygens (including phenoxy) is 1. The Hall–Kier alpha value is -1.79. The summed E-state index contributed by atoms with van der Waals surface area (Å²) < 4.78 is 43.9. The highest BCUT2D eigenvalue weighted by molar-refractivity contribution is 6.31. The number of hydrogen-bond donors (Lipinski definition) is 1. The Kier molecular flexibility index (Phi) is 3.53. The van der Waals surface area contributed by atoms with Gasteiger partial charge >= 0.3 is 6.18 Å². The molecule has 0 aliphatic carbocycles. The normalized spacial score (nSPS) is 21.1. The largest absolute Gasteiger partial charge is 0.491 e. The summed E-state index contributed by atoms with van der Waals surface area (Å²) in [4.78, 5) is 4.23. The van der Waals surface area contributed by atoms with Crippen LogP contribution in [-0.2, 0) is 11.7 Å². The number of aromatic nitrogens is 1. The molecule has 0 amide bonds. The van der Waals surface area contributed by atoms with Gasteiger partial charge in [-0.05, 0) is 29.8 Å². The first-order valence-electron chi connectivity index (χ1n) is 6.57. The molecular weight excluding hydrogens is 317 g/mol. The fourth-order valence-corrected chi connectivity index (χ4v) is 2.87. The number of hydrogen-bond acceptors (Lipinski definition) is 3. The average molecular weight is 329 g/mol. The molecule has 0 bridgehead atoms. The van der Waals surface area contributed by atoms with Crippen LogP contribution in [0.3, 0.4) is 0 Å². The number of pyridine rings is 1. The molecular formula is C15H12ClF3N2O. The number of benzene rings is 1. The molecule has 1 aromatic heterocycles. The summed E-state index contributed by atoms with van der Waals surface area (Å²) in [5.41, 5.74) is 5.51. The lowest BCUT2D eigenvalue weighted by atomic mass is 9.82. The summed E-state index contributed by atoms with van der Waals surface area (Å²) in [6.07, 6.45) is -2.53. The van der Waals surface area contributed by atoms with E-state index in [0.29, 0.717) is 30.0 Å². The Morgan fingerprint density at radius 2 is 2.05 bits per heavy atom. The van der Waals surface area contributed by atoms with Gasteiger partial charge in [0, 0.05) is 12.6 Å². The fourth-order valence-electron chi connectivity index (χ4n) is 2.59. The lowest BCUT2D eigenvalue weighted by Gasteiger charge is -2.35. The number of halogens is 4. The van der Waals surface area contributed by atoms with Crippen LogP contribution in [0.1, 0.15) is 23.2 Å². The van der Waals surface area contributed by atoms with E-state index in [4.69, 9.17) is 22.1 Å². The van der Waals surface area contributed by atoms with Gasteiger partial charge < -0.3 is 10.5 Å². The second kappa shape index (κ2) is 5.14. The lowest BCUT2D eigenvalue weighted by Crippen LogP contribution is -2.43. The summed E-state index contributed by atoms with van der Waals surface area (Å²) in [5, 5.41) is -0.376. The van der Waals surface area contributed by atoms with Crippen LogP contribution in [0.4, 0.5) is 13.2 Å². The minimum Gasteiger partial charge on any atom is -0.491 e. The summed E-state index contributed by atoms with van der Waals surface area (Å²) in [6.45, 7) is 0.355. The van der Waals surface area contributed by atoms with Gasteiger partial charge in [-0.3, -0.25) is 4.98 Å². The van der Waals surface area contributed by atoms with Crippen molar-refractivity contribution in [1.82, 2.24) is 4.98 Å². The Morgan fingerprint density at radius 3 is 2.73 bits per heavy atom. The van der Waals surface area contributed by atoms with Crippen molar-refractivity contribution in [2.24, 2.45) is 5.73 Å². The zero-order chi connectivity index (χ0) is 16.0. The maximum absolute atomic E-state index is 12.8. The van der Waals surface area contributed by atoms with Crippen molar-refractivity contribution >= 4 is 11.6 Å². The maximum Gasteiger partial charge on any atom is 0.417 e. The van der Waals surface area contributed by atoms with Crippen LogP contribution in [0, 0.1) is 0 Å². The van der Waals surface area contributed by atoms with E-state index < -0.39 is 17.3 Å². The zero-order valence-electron chi connectivity index (χ0n) is 11.3. The number of fused-ring (bicyclic) bond motifs is 1. The van der Waals surface area contributed by atoms with Gasteiger partial charge in [0.05, 0.1) is 22.7 Å². The van der Waals surface area contributed by atoms with Gasteiger partial charge in [0.25, 0.3) is 0 Å². The topological polar surface area (TPSA) is 48.1 Å². The second-order valence-corrected chi connectivity index (χ2v) is 5.52. The molecule has 1 aliphatic heterocycles. The molecule has 1 aliphatic rings. The summed E-state index contributed by atoms with van der Waals surface area (Å²) >= 11 is 5.80. The molecule has 0 fully saturated rings. The molecule has 0 saturated carbocycles. The van der Waals surface area contributed by atoms with E-state index in [-0.39, 0.29) is 5.02 Å². The predicted molar refractivity (Wildman–Crippen MR) is 75.8 cm³/mol. The van der Waals surface area contributed by atoms with Gasteiger partial charge in [0.1, 0.15) is 11.4 Å². The van der Waals surface area contributed by atoms with Crippen molar-refractivity contribution in [3.8, 4) is 5.75 Å². The van der Waals surface area contributed by atoms with E-state index in [9.17, 15) is 13.2 Å². The molecule has 0 radical (unpaired) electrons. The molecule has 3 rings (SSSR count). The Balaban J connectivity index is 2.10. The smallest absolute Gasteiger partial charge is 0.417 e. The molecule has 1 aromatic carbocycles. The van der Waals surface area contributed by atoms with Crippen LogP contribution < -0.4 is 10.5 Å². The van der Waals surface area contributed by atoms with Gasteiger partial charge in [-0.15, -0.1) is 0 Å². The molecule has 116 valence electrons. The summed E-state index contributed by atoms with van der Waals surface area (Å²) in [5.74, 6) is 0.535. The number of rotatable bonds is 1. The molecule has 7 heteroatoms. The standard InChI is InChI=1S/C15H12ClF3N2O/c16-11-8-9(3-4-10(11)15(17,18)19)14(20)5-7-22-12-2-1-6-21-13(12)14/h1-4,6,8H,5,7,20H2. The van der Waals surface area contributed by atoms with E-state index in [2.05, 4.69) is 4.98 Å². The summed E-state index contributed by atoms with van der Waals surface area (Å²) in [6, 6.07) is 7.00. The first kappa shape index (κ1) is 15.1. The van der Waals surface area contributed by atoms with Crippen molar-refractivity contribution in [3.63, 3.8) is 0 Å². The maximum atomic E-state index is 12.8. The molecule has 0 saturated heterocycles. The third kappa shape index (κ3) is 2.42. The minimum absolute atomic E-state index is 0.355. The van der Waals surface area contributed by atoms with Crippen LogP contribution in [0.25, 0.3) is 0 Å². The van der Waals surface area contributed by atoms with Gasteiger partial charge in [-0.1, -0.05) is 17.7 Å². The van der Waals surface area contributed by atoms with E-state index in [1.54, 1.807) is 18.3 Å². The van der Waals surface area contributed by atoms with Crippen molar-refractivity contribution in [2.75, 3.05) is 6.61 Å². The molecule has 0 spiro atoms. The van der Waals surface area contributed by atoms with Gasteiger partial charge in [-0.25, -0.2) is 0 Å². The lowest BCUT2D eigenvalue weighted by molar-refractivity contribution is -0.137. The first-order valence-corrected chi connectivity index (χ1v) is 6.94. The highest BCUT2D eigenvalue weighted by atomic mass is 35.5. The van der Waals surface area contributed by atoms with Crippen LogP contribution in [0.15, 0.2) is 36.5 Å². The Bertz CT molecular complexity index is 720. The van der Waals surface area contributed by atoms with E-state index in [1.165, 1.54) is 12.1 Å². The third-order valence-electron chi connectivity index (χ3n) is 3.74. The van der Waals surface area contributed by atoms with Gasteiger partial charge in [0.15, 0.2) is 0 Å². The van der Waals surface area contributed by atoms with Crippen LogP contribution in [-0.4, -0.2) is 11.6 Å². The van der Waals surface area contributed by atoms with Crippen molar-refractivity contribution < 1.29 is 17.9 Å². The SMILES string of the molecule is NC1(c2ccc(C(F)(F)F)c(Cl)c2)CCOc2cccnc21. The molecule has 2 heterocycles. The predicted octanol–water partition coefficient (Wildman–Crippen LogP) is 3.74. The Labute approximate surface area is 129 Å².